The molecule has 0 aliphatic heterocycles. The van der Waals surface area contributed by atoms with Crippen LogP contribution in [0.2, 0.25) is 0 Å². The minimum atomic E-state index is -0.510. The van der Waals surface area contributed by atoms with Crippen LogP contribution >= 0.6 is 0 Å². The van der Waals surface area contributed by atoms with Crippen molar-refractivity contribution in [3.8, 4) is 61.3 Å². The summed E-state index contributed by atoms with van der Waals surface area (Å²) < 4.78 is 2.39. The standard InChI is InChI=1S/C73H50N2/c1-5-17-51(18-6-1)54-33-40-61(41-34-54)74(64-46-47-66-65-25-13-15-27-69(65)73(70(66)50-64,59-21-9-3-10-22-59)60-23-11-4-12-24-60)62-42-35-56(36-43-62)53-29-31-57(32-30-53)58-39-48-72-68(49-58)67-26-14-16-28-71(67)75(72)63-44-37-55(38-45-63)52-19-7-2-8-20-52/h1-50H. The first kappa shape index (κ1) is 44.0. The smallest absolute Gasteiger partial charge is 0.0714 e. The quantitative estimate of drug-likeness (QED) is 0.133. The molecule has 0 radical (unpaired) electrons. The highest BCUT2D eigenvalue weighted by Crippen LogP contribution is 2.57. The molecule has 2 heteroatoms. The molecule has 1 aliphatic carbocycles. The Bertz CT molecular complexity index is 4120. The molecule has 1 aliphatic rings. The average molecular weight is 955 g/mol. The van der Waals surface area contributed by atoms with Gasteiger partial charge < -0.3 is 9.47 Å². The van der Waals surface area contributed by atoms with Crippen LogP contribution in [0, 0.1) is 0 Å². The zero-order chi connectivity index (χ0) is 49.7. The zero-order valence-electron chi connectivity index (χ0n) is 41.3. The number of hydrogen-bond donors (Lipinski definition) is 0. The number of hydrogen-bond acceptors (Lipinski definition) is 1. The highest BCUT2D eigenvalue weighted by atomic mass is 15.1. The SMILES string of the molecule is c1ccc(-c2ccc(N(c3ccc(-c4ccc(-c5ccc6c(c5)c5ccccc5n6-c5ccc(-c6ccccc6)cc5)cc4)cc3)c3ccc4c(c3)C(c3ccccc3)(c3ccccc3)c3ccccc3-4)cc2)cc1. The molecule has 75 heavy (non-hydrogen) atoms. The Labute approximate surface area is 438 Å². The molecule has 1 heterocycles. The van der Waals surface area contributed by atoms with Gasteiger partial charge in [0.1, 0.15) is 0 Å². The van der Waals surface area contributed by atoms with Crippen LogP contribution in [0.4, 0.5) is 17.1 Å². The summed E-state index contributed by atoms with van der Waals surface area (Å²) in [6, 6.07) is 111. The summed E-state index contributed by atoms with van der Waals surface area (Å²) in [4.78, 5) is 2.42. The topological polar surface area (TPSA) is 8.17 Å². The molecule has 13 aromatic rings. The Morgan fingerprint density at radius 2 is 0.653 bits per heavy atom. The number of nitrogens with zero attached hydrogens (tertiary/aromatic N) is 2. The van der Waals surface area contributed by atoms with Crippen molar-refractivity contribution in [2.75, 3.05) is 4.90 Å². The van der Waals surface area contributed by atoms with E-state index in [9.17, 15) is 0 Å². The number of fused-ring (bicyclic) bond motifs is 6. The summed E-state index contributed by atoms with van der Waals surface area (Å²) in [6.45, 7) is 0. The molecular formula is C73H50N2. The van der Waals surface area contributed by atoms with Crippen LogP contribution in [0.3, 0.4) is 0 Å². The lowest BCUT2D eigenvalue weighted by molar-refractivity contribution is 0.768. The van der Waals surface area contributed by atoms with Crippen molar-refractivity contribution in [2.24, 2.45) is 0 Å². The average Bonchev–Trinajstić information content (AvgIpc) is 4.01. The molecule has 12 aromatic carbocycles. The van der Waals surface area contributed by atoms with Crippen molar-refractivity contribution in [3.63, 3.8) is 0 Å². The van der Waals surface area contributed by atoms with E-state index in [1.165, 1.54) is 94.1 Å². The largest absolute Gasteiger partial charge is 0.310 e. The molecule has 0 fully saturated rings. The molecule has 352 valence electrons. The van der Waals surface area contributed by atoms with Gasteiger partial charge >= 0.3 is 0 Å². The third-order valence-corrected chi connectivity index (χ3v) is 15.5. The van der Waals surface area contributed by atoms with E-state index in [0.717, 1.165) is 28.3 Å². The van der Waals surface area contributed by atoms with Crippen molar-refractivity contribution in [1.82, 2.24) is 4.57 Å². The number of rotatable bonds is 10. The van der Waals surface area contributed by atoms with Crippen molar-refractivity contribution >= 4 is 38.9 Å². The second kappa shape index (κ2) is 18.4. The third kappa shape index (κ3) is 7.49. The minimum Gasteiger partial charge on any atom is -0.310 e. The Hall–Kier alpha value is -9.76. The zero-order valence-corrected chi connectivity index (χ0v) is 41.3. The molecule has 0 amide bonds. The molecule has 0 saturated heterocycles. The van der Waals surface area contributed by atoms with Crippen molar-refractivity contribution in [1.29, 1.82) is 0 Å². The number of aromatic nitrogens is 1. The van der Waals surface area contributed by atoms with Gasteiger partial charge in [0, 0.05) is 33.5 Å². The van der Waals surface area contributed by atoms with Crippen LogP contribution in [-0.4, -0.2) is 4.57 Å². The lowest BCUT2D eigenvalue weighted by atomic mass is 9.67. The van der Waals surface area contributed by atoms with Crippen LogP contribution in [0.5, 0.6) is 0 Å². The number of benzene rings is 12. The molecule has 0 atom stereocenters. The van der Waals surface area contributed by atoms with Crippen LogP contribution < -0.4 is 4.90 Å². The Morgan fingerprint density at radius 1 is 0.253 bits per heavy atom. The van der Waals surface area contributed by atoms with E-state index in [-0.39, 0.29) is 0 Å². The van der Waals surface area contributed by atoms with Crippen molar-refractivity contribution in [3.05, 3.63) is 326 Å². The highest BCUT2D eigenvalue weighted by molar-refractivity contribution is 6.10. The van der Waals surface area contributed by atoms with E-state index in [1.807, 2.05) is 0 Å². The molecule has 0 saturated carbocycles. The molecule has 2 nitrogen and oxygen atoms in total. The highest BCUT2D eigenvalue weighted by Gasteiger charge is 2.46. The molecule has 0 spiro atoms. The van der Waals surface area contributed by atoms with Gasteiger partial charge in [0.2, 0.25) is 0 Å². The summed E-state index contributed by atoms with van der Waals surface area (Å²) in [5.41, 5.74) is 23.5. The summed E-state index contributed by atoms with van der Waals surface area (Å²) in [5.74, 6) is 0. The normalized spacial score (nSPS) is 12.4. The first-order valence-corrected chi connectivity index (χ1v) is 25.9. The lowest BCUT2D eigenvalue weighted by Gasteiger charge is -2.35. The predicted octanol–water partition coefficient (Wildman–Crippen LogP) is 19.3. The van der Waals surface area contributed by atoms with Crippen LogP contribution in [0.1, 0.15) is 22.3 Å². The van der Waals surface area contributed by atoms with Crippen LogP contribution in [0.15, 0.2) is 303 Å². The Balaban J connectivity index is 0.823. The van der Waals surface area contributed by atoms with Crippen molar-refractivity contribution < 1.29 is 0 Å². The summed E-state index contributed by atoms with van der Waals surface area (Å²) in [6.07, 6.45) is 0. The number of para-hydroxylation sites is 1. The lowest BCUT2D eigenvalue weighted by Crippen LogP contribution is -2.28. The van der Waals surface area contributed by atoms with Gasteiger partial charge in [-0.2, -0.15) is 0 Å². The maximum absolute atomic E-state index is 2.45. The number of anilines is 3. The summed E-state index contributed by atoms with van der Waals surface area (Å²) >= 11 is 0. The van der Waals surface area contributed by atoms with Gasteiger partial charge in [-0.15, -0.1) is 0 Å². The van der Waals surface area contributed by atoms with Gasteiger partial charge in [-0.05, 0) is 145 Å². The van der Waals surface area contributed by atoms with Crippen LogP contribution in [0.25, 0.3) is 83.1 Å². The van der Waals surface area contributed by atoms with Gasteiger partial charge in [-0.3, -0.25) is 0 Å². The van der Waals surface area contributed by atoms with E-state index >= 15 is 0 Å². The molecule has 0 unspecified atom stereocenters. The van der Waals surface area contributed by atoms with Crippen molar-refractivity contribution in [2.45, 2.75) is 5.41 Å². The van der Waals surface area contributed by atoms with E-state index in [0.29, 0.717) is 0 Å². The first-order valence-electron chi connectivity index (χ1n) is 25.9. The Morgan fingerprint density at radius 3 is 1.23 bits per heavy atom. The van der Waals surface area contributed by atoms with Gasteiger partial charge in [0.05, 0.1) is 16.4 Å². The second-order valence-corrected chi connectivity index (χ2v) is 19.6. The maximum atomic E-state index is 2.45. The summed E-state index contributed by atoms with van der Waals surface area (Å²) in [7, 11) is 0. The first-order chi connectivity index (χ1) is 37.2. The molecular weight excluding hydrogens is 905 g/mol. The van der Waals surface area contributed by atoms with Gasteiger partial charge in [-0.1, -0.05) is 237 Å². The second-order valence-electron chi connectivity index (χ2n) is 19.6. The monoisotopic (exact) mass is 954 g/mol. The Kier molecular flexibility index (Phi) is 10.8. The minimum absolute atomic E-state index is 0.510. The molecule has 1 aromatic heterocycles. The fourth-order valence-electron chi connectivity index (χ4n) is 12.0. The summed E-state index contributed by atoms with van der Waals surface area (Å²) in [5, 5.41) is 2.49. The van der Waals surface area contributed by atoms with E-state index in [1.54, 1.807) is 0 Å². The maximum Gasteiger partial charge on any atom is 0.0714 e. The fraction of sp³-hybridized carbons (Fsp3) is 0.0137. The van der Waals surface area contributed by atoms with Gasteiger partial charge in [0.15, 0.2) is 0 Å². The predicted molar refractivity (Wildman–Crippen MR) is 315 cm³/mol. The fourth-order valence-corrected chi connectivity index (χ4v) is 12.0. The molecule has 14 rings (SSSR count). The molecule has 0 bridgehead atoms. The van der Waals surface area contributed by atoms with Crippen LogP contribution in [-0.2, 0) is 5.41 Å². The van der Waals surface area contributed by atoms with E-state index in [2.05, 4.69) is 313 Å². The third-order valence-electron chi connectivity index (χ3n) is 15.5. The molecule has 0 N–H and O–H groups in total. The van der Waals surface area contributed by atoms with Gasteiger partial charge in [-0.25, -0.2) is 0 Å². The van der Waals surface area contributed by atoms with E-state index < -0.39 is 5.41 Å². The van der Waals surface area contributed by atoms with Gasteiger partial charge in [0.25, 0.3) is 0 Å². The van der Waals surface area contributed by atoms with E-state index in [4.69, 9.17) is 0 Å².